The van der Waals surface area contributed by atoms with Crippen molar-refractivity contribution in [1.29, 1.82) is 0 Å². The molecule has 0 radical (unpaired) electrons. The maximum absolute atomic E-state index is 10.5. The first-order chi connectivity index (χ1) is 11.2. The summed E-state index contributed by atoms with van der Waals surface area (Å²) in [5, 5.41) is 17.4. The van der Waals surface area contributed by atoms with E-state index in [1.54, 1.807) is 4.81 Å². The molecule has 4 rings (SSSR count). The SMILES string of the molecule is Cc1ccc(C(O)C[N+]2=Nc3cccc4cccc(c34)N2)cc1. The minimum Gasteiger partial charge on any atom is -0.382 e. The number of rotatable bonds is 3. The molecule has 4 nitrogen and oxygen atoms in total. The van der Waals surface area contributed by atoms with Crippen LogP contribution in [0, 0.1) is 6.92 Å². The topological polar surface area (TPSA) is 47.6 Å². The van der Waals surface area contributed by atoms with Crippen molar-refractivity contribution in [2.24, 2.45) is 5.11 Å². The van der Waals surface area contributed by atoms with Crippen LogP contribution in [0.15, 0.2) is 65.8 Å². The van der Waals surface area contributed by atoms with Gasteiger partial charge in [-0.2, -0.15) is 0 Å². The molecule has 1 heterocycles. The molecule has 0 spiro atoms. The van der Waals surface area contributed by atoms with Crippen molar-refractivity contribution in [3.05, 3.63) is 71.8 Å². The first kappa shape index (κ1) is 13.9. The second kappa shape index (κ2) is 5.48. The van der Waals surface area contributed by atoms with Crippen molar-refractivity contribution in [2.75, 3.05) is 12.0 Å². The largest absolute Gasteiger partial charge is 0.382 e. The number of hydrazine groups is 1. The van der Waals surface area contributed by atoms with E-state index in [1.807, 2.05) is 55.5 Å². The van der Waals surface area contributed by atoms with E-state index >= 15 is 0 Å². The van der Waals surface area contributed by atoms with Gasteiger partial charge in [-0.3, -0.25) is 0 Å². The van der Waals surface area contributed by atoms with Gasteiger partial charge in [0.25, 0.3) is 0 Å². The van der Waals surface area contributed by atoms with E-state index in [4.69, 9.17) is 0 Å². The molecule has 0 saturated carbocycles. The number of aryl methyl sites for hydroxylation is 1. The van der Waals surface area contributed by atoms with Crippen LogP contribution in [0.5, 0.6) is 0 Å². The fraction of sp³-hybridized carbons (Fsp3) is 0.158. The number of benzene rings is 3. The highest BCUT2D eigenvalue weighted by molar-refractivity contribution is 6.01. The van der Waals surface area contributed by atoms with Crippen LogP contribution in [0.25, 0.3) is 10.8 Å². The third-order valence-corrected chi connectivity index (χ3v) is 4.17. The molecular formula is C19H18N3O+. The molecule has 1 aliphatic rings. The zero-order chi connectivity index (χ0) is 15.8. The maximum Gasteiger partial charge on any atom is 0.230 e. The van der Waals surface area contributed by atoms with Gasteiger partial charge in [-0.15, -0.1) is 5.43 Å². The van der Waals surface area contributed by atoms with Crippen LogP contribution in [0.1, 0.15) is 17.2 Å². The normalized spacial score (nSPS) is 14.3. The lowest BCUT2D eigenvalue weighted by molar-refractivity contribution is -0.570. The van der Waals surface area contributed by atoms with E-state index in [0.29, 0.717) is 6.54 Å². The van der Waals surface area contributed by atoms with Crippen LogP contribution in [-0.2, 0) is 0 Å². The molecule has 114 valence electrons. The molecule has 0 amide bonds. The lowest BCUT2D eigenvalue weighted by Gasteiger charge is -2.14. The Morgan fingerprint density at radius 1 is 1.04 bits per heavy atom. The highest BCUT2D eigenvalue weighted by Crippen LogP contribution is 2.35. The number of anilines is 1. The molecule has 3 aromatic carbocycles. The fourth-order valence-electron chi connectivity index (χ4n) is 2.94. The Morgan fingerprint density at radius 3 is 2.57 bits per heavy atom. The summed E-state index contributed by atoms with van der Waals surface area (Å²) in [6, 6.07) is 20.2. The predicted octanol–water partition coefficient (Wildman–Crippen LogP) is 4.32. The molecule has 3 aromatic rings. The number of hydrogen-bond donors (Lipinski definition) is 2. The van der Waals surface area contributed by atoms with Gasteiger partial charge in [-0.25, -0.2) is 0 Å². The summed E-state index contributed by atoms with van der Waals surface area (Å²) in [6.07, 6.45) is -0.601. The molecule has 1 atom stereocenters. The second-order valence-electron chi connectivity index (χ2n) is 5.90. The maximum atomic E-state index is 10.5. The van der Waals surface area contributed by atoms with Gasteiger partial charge in [-0.1, -0.05) is 54.1 Å². The Balaban J connectivity index is 1.65. The summed E-state index contributed by atoms with van der Waals surface area (Å²) in [7, 11) is 0. The van der Waals surface area contributed by atoms with E-state index in [0.717, 1.165) is 27.7 Å². The van der Waals surface area contributed by atoms with Crippen molar-refractivity contribution in [3.63, 3.8) is 0 Å². The molecular weight excluding hydrogens is 286 g/mol. The monoisotopic (exact) mass is 304 g/mol. The Kier molecular flexibility index (Phi) is 3.32. The Hall–Kier alpha value is -2.72. The summed E-state index contributed by atoms with van der Waals surface area (Å²) < 4.78 is 0. The van der Waals surface area contributed by atoms with Gasteiger partial charge in [0.15, 0.2) is 0 Å². The number of aliphatic hydroxyl groups is 1. The van der Waals surface area contributed by atoms with Gasteiger partial charge in [0, 0.05) is 15.3 Å². The van der Waals surface area contributed by atoms with Crippen molar-refractivity contribution < 1.29 is 9.91 Å². The van der Waals surface area contributed by atoms with Crippen LogP contribution >= 0.6 is 0 Å². The molecule has 2 N–H and O–H groups in total. The molecule has 0 fully saturated rings. The highest BCUT2D eigenvalue weighted by atomic mass is 16.3. The first-order valence-corrected chi connectivity index (χ1v) is 7.73. The smallest absolute Gasteiger partial charge is 0.230 e. The quantitative estimate of drug-likeness (QED) is 0.708. The van der Waals surface area contributed by atoms with Crippen molar-refractivity contribution >= 4 is 22.1 Å². The third kappa shape index (κ3) is 2.58. The minimum atomic E-state index is -0.601. The number of aliphatic hydroxyl groups excluding tert-OH is 1. The van der Waals surface area contributed by atoms with E-state index in [-0.39, 0.29) is 0 Å². The van der Waals surface area contributed by atoms with Gasteiger partial charge in [0.2, 0.25) is 6.54 Å². The van der Waals surface area contributed by atoms with E-state index in [2.05, 4.69) is 22.7 Å². The van der Waals surface area contributed by atoms with Gasteiger partial charge in [0.1, 0.15) is 17.5 Å². The molecule has 0 saturated heterocycles. The fourth-order valence-corrected chi connectivity index (χ4v) is 2.94. The first-order valence-electron chi connectivity index (χ1n) is 7.73. The Morgan fingerprint density at radius 2 is 1.78 bits per heavy atom. The molecule has 1 aliphatic heterocycles. The van der Waals surface area contributed by atoms with Crippen LogP contribution in [0.3, 0.4) is 0 Å². The van der Waals surface area contributed by atoms with Gasteiger partial charge in [-0.05, 0) is 30.0 Å². The number of β-amino-alcohol motifs (C(OH)–C–C–N with tert-alkyl or cyclic N) is 1. The highest BCUT2D eigenvalue weighted by Gasteiger charge is 2.23. The second-order valence-corrected chi connectivity index (χ2v) is 5.90. The number of azo groups is 1. The van der Waals surface area contributed by atoms with Crippen molar-refractivity contribution in [3.8, 4) is 0 Å². The zero-order valence-corrected chi connectivity index (χ0v) is 12.9. The number of nitrogens with zero attached hydrogens (tertiary/aromatic N) is 2. The number of hydrogen-bond acceptors (Lipinski definition) is 3. The predicted molar refractivity (Wildman–Crippen MR) is 90.9 cm³/mol. The van der Waals surface area contributed by atoms with Crippen molar-refractivity contribution in [1.82, 2.24) is 0 Å². The summed E-state index contributed by atoms with van der Waals surface area (Å²) in [6.45, 7) is 2.42. The van der Waals surface area contributed by atoms with Gasteiger partial charge >= 0.3 is 0 Å². The molecule has 23 heavy (non-hydrogen) atoms. The van der Waals surface area contributed by atoms with Crippen molar-refractivity contribution in [2.45, 2.75) is 13.0 Å². The Bertz CT molecular complexity index is 895. The molecule has 0 aliphatic carbocycles. The molecule has 0 aromatic heterocycles. The van der Waals surface area contributed by atoms with Crippen LogP contribution in [0.2, 0.25) is 0 Å². The minimum absolute atomic E-state index is 0.383. The average Bonchev–Trinajstić information content (AvgIpc) is 2.56. The van der Waals surface area contributed by atoms with E-state index < -0.39 is 6.10 Å². The third-order valence-electron chi connectivity index (χ3n) is 4.17. The Labute approximate surface area is 134 Å². The molecule has 1 unspecified atom stereocenters. The summed E-state index contributed by atoms with van der Waals surface area (Å²) in [4.78, 5) is 1.71. The van der Waals surface area contributed by atoms with Crippen LogP contribution < -0.4 is 5.43 Å². The standard InChI is InChI=1S/C19H18N3O/c1-13-8-10-14(11-9-13)18(23)12-22-20-16-6-2-4-15-5-3-7-17(21-22)19(15)16/h2-11,18,23H,12H2,1H3,(H,20,21)/q+1. The summed E-state index contributed by atoms with van der Waals surface area (Å²) >= 11 is 0. The van der Waals surface area contributed by atoms with Crippen LogP contribution in [0.4, 0.5) is 11.4 Å². The lowest BCUT2D eigenvalue weighted by Crippen LogP contribution is -2.25. The zero-order valence-electron chi connectivity index (χ0n) is 12.9. The molecule has 4 heteroatoms. The van der Waals surface area contributed by atoms with E-state index in [9.17, 15) is 5.11 Å². The summed E-state index contributed by atoms with van der Waals surface area (Å²) in [5.41, 5.74) is 7.30. The van der Waals surface area contributed by atoms with E-state index in [1.165, 1.54) is 5.56 Å². The molecule has 0 bridgehead atoms. The number of nitrogens with one attached hydrogen (secondary N) is 1. The van der Waals surface area contributed by atoms with Gasteiger partial charge < -0.3 is 5.11 Å². The van der Waals surface area contributed by atoms with Crippen LogP contribution in [-0.4, -0.2) is 16.5 Å². The lowest BCUT2D eigenvalue weighted by atomic mass is 10.1. The average molecular weight is 304 g/mol. The van der Waals surface area contributed by atoms with Gasteiger partial charge in [0.05, 0.1) is 0 Å². The summed E-state index contributed by atoms with van der Waals surface area (Å²) in [5.74, 6) is 0.